The van der Waals surface area contributed by atoms with Gasteiger partial charge in [-0.25, -0.2) is 4.98 Å². The fourth-order valence-electron chi connectivity index (χ4n) is 7.39. The summed E-state index contributed by atoms with van der Waals surface area (Å²) < 4.78 is 25.3. The van der Waals surface area contributed by atoms with Gasteiger partial charge in [-0.05, 0) is 73.6 Å². The number of ether oxygens (including phenoxy) is 3. The molecule has 0 amide bonds. The van der Waals surface area contributed by atoms with E-state index in [4.69, 9.17) is 24.5 Å². The summed E-state index contributed by atoms with van der Waals surface area (Å²) in [6, 6.07) is 17.8. The minimum absolute atomic E-state index is 0.157. The number of para-hydroxylation sites is 1. The van der Waals surface area contributed by atoms with E-state index >= 15 is 0 Å². The van der Waals surface area contributed by atoms with Crippen molar-refractivity contribution >= 4 is 28.3 Å². The van der Waals surface area contributed by atoms with Crippen LogP contribution in [0.2, 0.25) is 0 Å². The number of benzene rings is 2. The molecule has 1 N–H and O–H groups in total. The number of hydrogen-bond acceptors (Lipinski definition) is 10. The number of hydrogen-bond donors (Lipinski definition) is 1. The van der Waals surface area contributed by atoms with Gasteiger partial charge < -0.3 is 23.7 Å². The van der Waals surface area contributed by atoms with Gasteiger partial charge in [-0.15, -0.1) is 0 Å². The van der Waals surface area contributed by atoms with E-state index in [-0.39, 0.29) is 16.4 Å². The van der Waals surface area contributed by atoms with Crippen LogP contribution >= 0.6 is 11.5 Å². The number of imidazole rings is 1. The van der Waals surface area contributed by atoms with E-state index in [9.17, 15) is 4.79 Å². The number of piperidine rings is 1. The van der Waals surface area contributed by atoms with Gasteiger partial charge in [0.2, 0.25) is 0 Å². The summed E-state index contributed by atoms with van der Waals surface area (Å²) in [6.07, 6.45) is 6.04. The summed E-state index contributed by atoms with van der Waals surface area (Å²) in [5, 5.41) is 9.17. The van der Waals surface area contributed by atoms with Crippen LogP contribution in [-0.4, -0.2) is 49.7 Å². The van der Waals surface area contributed by atoms with Gasteiger partial charge in [-0.1, -0.05) is 6.07 Å². The van der Waals surface area contributed by atoms with Crippen LogP contribution in [0, 0.1) is 16.7 Å². The van der Waals surface area contributed by atoms with Crippen LogP contribution in [0.1, 0.15) is 55.6 Å². The van der Waals surface area contributed by atoms with Gasteiger partial charge in [0.05, 0.1) is 34.9 Å². The average Bonchev–Trinajstić information content (AvgIpc) is 3.34. The number of nitriles is 1. The fraction of sp³-hybridized carbons (Fsp3) is 0.382. The molecule has 11 nitrogen and oxygen atoms in total. The normalized spacial score (nSPS) is 24.2. The smallest absolute Gasteiger partial charge is 0.323 e. The summed E-state index contributed by atoms with van der Waals surface area (Å²) in [6.45, 7) is 5.28. The Balaban J connectivity index is 0.959. The van der Waals surface area contributed by atoms with Gasteiger partial charge in [-0.2, -0.15) is 9.64 Å². The van der Waals surface area contributed by atoms with Crippen LogP contribution in [0.3, 0.4) is 0 Å². The molecule has 3 aromatic heterocycles. The largest absolute Gasteiger partial charge is 0.443 e. The molecule has 9 rings (SSSR count). The van der Waals surface area contributed by atoms with Gasteiger partial charge in [0, 0.05) is 55.8 Å². The molecule has 2 aromatic carbocycles. The molecule has 3 aliphatic heterocycles. The third-order valence-electron chi connectivity index (χ3n) is 10.2. The van der Waals surface area contributed by atoms with E-state index in [0.717, 1.165) is 97.3 Å². The number of H-pyrrole nitrogens is 1. The minimum atomic E-state index is -1.07. The highest BCUT2D eigenvalue weighted by atomic mass is 32.1. The zero-order chi connectivity index (χ0) is 31.0. The van der Waals surface area contributed by atoms with Crippen molar-refractivity contribution in [2.45, 2.75) is 57.0 Å². The summed E-state index contributed by atoms with van der Waals surface area (Å²) in [5.41, 5.74) is 5.28. The highest BCUT2D eigenvalue weighted by molar-refractivity contribution is 7.03. The zero-order valence-corrected chi connectivity index (χ0v) is 26.0. The predicted octanol–water partition coefficient (Wildman–Crippen LogP) is 5.32. The number of pyridine rings is 1. The first kappa shape index (κ1) is 27.6. The van der Waals surface area contributed by atoms with Crippen molar-refractivity contribution in [3.63, 3.8) is 0 Å². The third kappa shape index (κ3) is 4.40. The van der Waals surface area contributed by atoms with Crippen LogP contribution in [0.25, 0.3) is 22.4 Å². The zero-order valence-electron chi connectivity index (χ0n) is 25.2. The Kier molecular flexibility index (Phi) is 6.08. The average molecular weight is 634 g/mol. The van der Waals surface area contributed by atoms with Gasteiger partial charge in [0.25, 0.3) is 5.79 Å². The number of nitrogens with one attached hydrogen (secondary N) is 1. The molecule has 3 fully saturated rings. The van der Waals surface area contributed by atoms with Gasteiger partial charge in [0.15, 0.2) is 17.3 Å². The first-order chi connectivity index (χ1) is 22.4. The fourth-order valence-corrected chi connectivity index (χ4v) is 7.85. The van der Waals surface area contributed by atoms with Crippen molar-refractivity contribution < 1.29 is 14.2 Å². The molecule has 1 saturated carbocycles. The van der Waals surface area contributed by atoms with Crippen LogP contribution in [-0.2, 0) is 17.1 Å². The molecular weight excluding hydrogens is 602 g/mol. The summed E-state index contributed by atoms with van der Waals surface area (Å²) in [7, 11) is 0. The maximum absolute atomic E-state index is 11.8. The third-order valence-corrected chi connectivity index (χ3v) is 10.7. The van der Waals surface area contributed by atoms with E-state index < -0.39 is 5.79 Å². The molecule has 5 aromatic rings. The van der Waals surface area contributed by atoms with Gasteiger partial charge in [-0.3, -0.25) is 14.8 Å². The van der Waals surface area contributed by atoms with E-state index in [2.05, 4.69) is 42.0 Å². The van der Waals surface area contributed by atoms with E-state index in [0.29, 0.717) is 28.7 Å². The second-order valence-corrected chi connectivity index (χ2v) is 13.6. The molecule has 232 valence electrons. The van der Waals surface area contributed by atoms with Crippen molar-refractivity contribution in [2.24, 2.45) is 5.41 Å². The van der Waals surface area contributed by atoms with Crippen molar-refractivity contribution in [1.29, 1.82) is 5.26 Å². The molecule has 12 heteroatoms. The lowest BCUT2D eigenvalue weighted by atomic mass is 9.90. The number of aromatic amines is 1. The van der Waals surface area contributed by atoms with Crippen molar-refractivity contribution in [1.82, 2.24) is 23.9 Å². The maximum atomic E-state index is 11.8. The first-order valence-corrected chi connectivity index (χ1v) is 16.5. The molecular formula is C34H31N7O4S. The van der Waals surface area contributed by atoms with Crippen LogP contribution in [0.4, 0.5) is 5.69 Å². The highest BCUT2D eigenvalue weighted by Gasteiger charge is 2.58. The van der Waals surface area contributed by atoms with Crippen LogP contribution < -0.4 is 19.2 Å². The predicted molar refractivity (Wildman–Crippen MR) is 171 cm³/mol. The Morgan fingerprint density at radius 3 is 2.74 bits per heavy atom. The number of nitrogens with zero attached hydrogens (tertiary/aromatic N) is 6. The minimum Gasteiger partial charge on any atom is -0.443 e. The number of aromatic nitrogens is 5. The molecule has 4 aliphatic rings. The van der Waals surface area contributed by atoms with E-state index in [1.54, 1.807) is 18.3 Å². The van der Waals surface area contributed by atoms with Crippen molar-refractivity contribution in [3.8, 4) is 29.0 Å². The topological polar surface area (TPSA) is 131 Å². The molecule has 0 unspecified atom stereocenters. The Morgan fingerprint density at radius 1 is 1.15 bits per heavy atom. The van der Waals surface area contributed by atoms with Crippen molar-refractivity contribution in [2.75, 3.05) is 24.6 Å². The monoisotopic (exact) mass is 633 g/mol. The summed E-state index contributed by atoms with van der Waals surface area (Å²) in [5.74, 6) is 2.49. The number of anilines is 1. The molecule has 46 heavy (non-hydrogen) atoms. The number of rotatable bonds is 6. The molecule has 1 aliphatic carbocycles. The van der Waals surface area contributed by atoms with Crippen LogP contribution in [0.5, 0.6) is 11.5 Å². The Labute approximate surface area is 268 Å². The number of fused-ring (bicyclic) bond motifs is 2. The van der Waals surface area contributed by atoms with Gasteiger partial charge in [0.1, 0.15) is 17.6 Å². The Morgan fingerprint density at radius 2 is 2.02 bits per heavy atom. The van der Waals surface area contributed by atoms with E-state index in [1.807, 2.05) is 31.2 Å². The quantitative estimate of drug-likeness (QED) is 0.264. The summed E-state index contributed by atoms with van der Waals surface area (Å²) in [4.78, 5) is 26.5. The molecule has 2 saturated heterocycles. The van der Waals surface area contributed by atoms with Crippen molar-refractivity contribution in [3.05, 3.63) is 81.5 Å². The Hall–Kier alpha value is -4.73. The van der Waals surface area contributed by atoms with E-state index in [1.165, 1.54) is 0 Å². The standard InChI is InChI=1S/C34H31N7O4S/c1-33(28-8-5-20(17-35)18-36-28)44-27-4-2-3-25(29(27)45-33)40-12-10-34(11-13-40)16-23(34)31-37-24-7-6-21(30-38-32(42)46-39-30)15-26(24)41(31)19-22-9-14-43-22/h2-8,15,18,22-23H,9-14,16,19H2,1H3,(H,38,39,42)/t22-,23+,33+/m1/s1. The van der Waals surface area contributed by atoms with Crippen LogP contribution in [0.15, 0.2) is 59.5 Å². The second-order valence-electron chi connectivity index (χ2n) is 12.9. The maximum Gasteiger partial charge on any atom is 0.323 e. The molecule has 3 atom stereocenters. The first-order valence-electron chi connectivity index (χ1n) is 15.7. The molecule has 1 spiro atoms. The molecule has 6 heterocycles. The Bertz CT molecular complexity index is 2080. The van der Waals surface area contributed by atoms with Gasteiger partial charge >= 0.3 is 4.87 Å². The molecule has 0 radical (unpaired) electrons. The lowest BCUT2D eigenvalue weighted by Gasteiger charge is -2.35. The lowest BCUT2D eigenvalue weighted by Crippen LogP contribution is -2.36. The SMILES string of the molecule is C[C@]1(c2ccc(C#N)cn2)Oc2cccc(N3CCC4(CC3)C[C@H]4c3nc4ccc(-c5nsc(=O)[nH]5)cc4n3C[C@H]3CCO3)c2O1. The summed E-state index contributed by atoms with van der Waals surface area (Å²) >= 11 is 0.937. The lowest BCUT2D eigenvalue weighted by molar-refractivity contribution is -0.0716. The second kappa shape index (κ2) is 10.1. The molecule has 0 bridgehead atoms. The highest BCUT2D eigenvalue weighted by Crippen LogP contribution is 2.65.